The molecular weight excluding hydrogens is 302 g/mol. The Morgan fingerprint density at radius 1 is 1.33 bits per heavy atom. The van der Waals surface area contributed by atoms with Crippen LogP contribution in [0, 0.1) is 0 Å². The van der Waals surface area contributed by atoms with E-state index in [9.17, 15) is 23.1 Å². The Morgan fingerprint density at radius 3 is 2.43 bits per heavy atom. The summed E-state index contributed by atoms with van der Waals surface area (Å²) < 4.78 is 30.5. The maximum atomic E-state index is 12.1. The number of carboxylic acid groups (broad SMARTS) is 1. The molecule has 1 aromatic rings. The molecule has 0 spiro atoms. The molecular formula is C12H15NO7S. The predicted octanol–water partition coefficient (Wildman–Crippen LogP) is -0.414. The summed E-state index contributed by atoms with van der Waals surface area (Å²) in [5, 5.41) is 18.2. The van der Waals surface area contributed by atoms with Gasteiger partial charge in [-0.1, -0.05) is 6.07 Å². The van der Waals surface area contributed by atoms with Crippen LogP contribution in [0.4, 0.5) is 0 Å². The number of aliphatic hydroxyl groups is 1. The summed E-state index contributed by atoms with van der Waals surface area (Å²) in [6, 6.07) is 3.22. The standard InChI is InChI=1S/C12H15NO7S/c1-7(14)10(11(15)16)13-21(18,19)9-5-3-4-8(6-9)12(17)20-2/h3-7,10,13-14H,1-2H3,(H,15,16)/t7-,10+/m1/s1. The Balaban J connectivity index is 3.13. The van der Waals surface area contributed by atoms with Gasteiger partial charge in [-0.3, -0.25) is 4.79 Å². The SMILES string of the molecule is COC(=O)c1cccc(S(=O)(=O)N[C@H](C(=O)O)[C@@H](C)O)c1. The van der Waals surface area contributed by atoms with Crippen molar-refractivity contribution < 1.29 is 33.0 Å². The topological polar surface area (TPSA) is 130 Å². The van der Waals surface area contributed by atoms with E-state index in [-0.39, 0.29) is 10.5 Å². The summed E-state index contributed by atoms with van der Waals surface area (Å²) in [5.41, 5.74) is 0.00398. The summed E-state index contributed by atoms with van der Waals surface area (Å²) in [6.45, 7) is 1.15. The van der Waals surface area contributed by atoms with Crippen LogP contribution in [0.3, 0.4) is 0 Å². The Bertz CT molecular complexity index is 639. The molecule has 0 saturated heterocycles. The summed E-state index contributed by atoms with van der Waals surface area (Å²) in [5.74, 6) is -2.24. The van der Waals surface area contributed by atoms with Crippen molar-refractivity contribution in [2.24, 2.45) is 0 Å². The highest BCUT2D eigenvalue weighted by molar-refractivity contribution is 7.89. The fraction of sp³-hybridized carbons (Fsp3) is 0.333. The lowest BCUT2D eigenvalue weighted by molar-refractivity contribution is -0.141. The third kappa shape index (κ3) is 4.25. The van der Waals surface area contributed by atoms with Crippen molar-refractivity contribution in [2.45, 2.75) is 24.0 Å². The summed E-state index contributed by atoms with van der Waals surface area (Å²) in [4.78, 5) is 22.0. The highest BCUT2D eigenvalue weighted by Gasteiger charge is 2.29. The van der Waals surface area contributed by atoms with Gasteiger partial charge in [0.1, 0.15) is 6.04 Å². The molecule has 0 saturated carbocycles. The van der Waals surface area contributed by atoms with Crippen molar-refractivity contribution in [1.29, 1.82) is 0 Å². The van der Waals surface area contributed by atoms with Gasteiger partial charge in [0.15, 0.2) is 0 Å². The van der Waals surface area contributed by atoms with Crippen molar-refractivity contribution in [3.8, 4) is 0 Å². The number of hydrogen-bond donors (Lipinski definition) is 3. The first kappa shape index (κ1) is 17.1. The highest BCUT2D eigenvalue weighted by Crippen LogP contribution is 2.13. The number of sulfonamides is 1. The van der Waals surface area contributed by atoms with Gasteiger partial charge in [0, 0.05) is 0 Å². The molecule has 116 valence electrons. The number of carbonyl (C=O) groups is 2. The molecule has 0 amide bonds. The summed E-state index contributed by atoms with van der Waals surface area (Å²) >= 11 is 0. The van der Waals surface area contributed by atoms with E-state index < -0.39 is 34.1 Å². The molecule has 0 unspecified atom stereocenters. The first-order valence-corrected chi connectivity index (χ1v) is 7.29. The average molecular weight is 317 g/mol. The monoisotopic (exact) mass is 317 g/mol. The van der Waals surface area contributed by atoms with E-state index in [2.05, 4.69) is 4.74 Å². The molecule has 1 aromatic carbocycles. The second kappa shape index (κ2) is 6.66. The molecule has 0 aliphatic rings. The lowest BCUT2D eigenvalue weighted by atomic mass is 10.2. The van der Waals surface area contributed by atoms with Crippen LogP contribution in [0.25, 0.3) is 0 Å². The maximum absolute atomic E-state index is 12.1. The van der Waals surface area contributed by atoms with Crippen molar-refractivity contribution in [3.63, 3.8) is 0 Å². The minimum Gasteiger partial charge on any atom is -0.480 e. The van der Waals surface area contributed by atoms with Gasteiger partial charge >= 0.3 is 11.9 Å². The second-order valence-corrected chi connectivity index (χ2v) is 5.91. The number of hydrogen-bond acceptors (Lipinski definition) is 6. The fourth-order valence-electron chi connectivity index (χ4n) is 1.50. The van der Waals surface area contributed by atoms with Gasteiger partial charge in [0.25, 0.3) is 0 Å². The second-order valence-electron chi connectivity index (χ2n) is 4.20. The summed E-state index contributed by atoms with van der Waals surface area (Å²) in [6.07, 6.45) is -1.43. The fourth-order valence-corrected chi connectivity index (χ4v) is 2.81. The van der Waals surface area contributed by atoms with Crippen molar-refractivity contribution >= 4 is 22.0 Å². The molecule has 21 heavy (non-hydrogen) atoms. The normalized spacial score (nSPS) is 14.2. The molecule has 0 heterocycles. The van der Waals surface area contributed by atoms with Gasteiger partial charge in [-0.15, -0.1) is 0 Å². The quantitative estimate of drug-likeness (QED) is 0.608. The third-order valence-corrected chi connectivity index (χ3v) is 4.03. The number of carboxylic acids is 1. The lowest BCUT2D eigenvalue weighted by Gasteiger charge is -2.17. The number of ether oxygens (including phenoxy) is 1. The van der Waals surface area contributed by atoms with Crippen LogP contribution in [0.1, 0.15) is 17.3 Å². The molecule has 0 aliphatic carbocycles. The van der Waals surface area contributed by atoms with Crippen LogP contribution in [0.5, 0.6) is 0 Å². The number of aliphatic carboxylic acids is 1. The number of aliphatic hydroxyl groups excluding tert-OH is 1. The van der Waals surface area contributed by atoms with Crippen LogP contribution in [-0.2, 0) is 19.6 Å². The van der Waals surface area contributed by atoms with Crippen molar-refractivity contribution in [2.75, 3.05) is 7.11 Å². The Labute approximate surface area is 121 Å². The third-order valence-electron chi connectivity index (χ3n) is 2.60. The average Bonchev–Trinajstić information content (AvgIpc) is 2.43. The number of methoxy groups -OCH3 is 1. The van der Waals surface area contributed by atoms with Gasteiger partial charge in [-0.05, 0) is 25.1 Å². The van der Waals surface area contributed by atoms with E-state index in [1.807, 2.05) is 4.72 Å². The molecule has 9 heteroatoms. The molecule has 0 fully saturated rings. The van der Waals surface area contributed by atoms with E-state index in [0.29, 0.717) is 0 Å². The number of carbonyl (C=O) groups excluding carboxylic acids is 1. The Morgan fingerprint density at radius 2 is 1.95 bits per heavy atom. The minimum atomic E-state index is -4.21. The van der Waals surface area contributed by atoms with Gasteiger partial charge in [0.2, 0.25) is 10.0 Å². The van der Waals surface area contributed by atoms with Gasteiger partial charge in [-0.2, -0.15) is 4.72 Å². The zero-order valence-electron chi connectivity index (χ0n) is 11.3. The molecule has 0 aliphatic heterocycles. The zero-order valence-corrected chi connectivity index (χ0v) is 12.1. The van der Waals surface area contributed by atoms with Crippen LogP contribution in [-0.4, -0.2) is 49.8 Å². The van der Waals surface area contributed by atoms with Crippen LogP contribution in [0.2, 0.25) is 0 Å². The molecule has 0 bridgehead atoms. The van der Waals surface area contributed by atoms with Crippen molar-refractivity contribution in [1.82, 2.24) is 4.72 Å². The van der Waals surface area contributed by atoms with Crippen LogP contribution >= 0.6 is 0 Å². The Kier molecular flexibility index (Phi) is 5.41. The first-order chi connectivity index (χ1) is 9.69. The highest BCUT2D eigenvalue weighted by atomic mass is 32.2. The zero-order chi connectivity index (χ0) is 16.2. The smallest absolute Gasteiger partial charge is 0.337 e. The molecule has 1 rings (SSSR count). The molecule has 3 N–H and O–H groups in total. The van der Waals surface area contributed by atoms with E-state index in [1.54, 1.807) is 0 Å². The minimum absolute atomic E-state index is 0.00398. The van der Waals surface area contributed by atoms with Crippen molar-refractivity contribution in [3.05, 3.63) is 29.8 Å². The number of nitrogens with one attached hydrogen (secondary N) is 1. The van der Waals surface area contributed by atoms with Crippen LogP contribution in [0.15, 0.2) is 29.2 Å². The van der Waals surface area contributed by atoms with E-state index in [1.165, 1.54) is 18.2 Å². The number of benzene rings is 1. The Hall–Kier alpha value is -1.97. The largest absolute Gasteiger partial charge is 0.480 e. The molecule has 2 atom stereocenters. The van der Waals surface area contributed by atoms with Gasteiger partial charge in [-0.25, -0.2) is 13.2 Å². The predicted molar refractivity (Wildman–Crippen MR) is 71.2 cm³/mol. The van der Waals surface area contributed by atoms with Gasteiger partial charge < -0.3 is 14.9 Å². The first-order valence-electron chi connectivity index (χ1n) is 5.80. The van der Waals surface area contributed by atoms with E-state index in [4.69, 9.17) is 5.11 Å². The van der Waals surface area contributed by atoms with E-state index in [0.717, 1.165) is 20.1 Å². The molecule has 8 nitrogen and oxygen atoms in total. The van der Waals surface area contributed by atoms with Gasteiger partial charge in [0.05, 0.1) is 23.7 Å². The summed E-state index contributed by atoms with van der Waals surface area (Å²) in [7, 11) is -3.06. The lowest BCUT2D eigenvalue weighted by Crippen LogP contribution is -2.47. The maximum Gasteiger partial charge on any atom is 0.337 e. The molecule has 0 aromatic heterocycles. The van der Waals surface area contributed by atoms with Crippen LogP contribution < -0.4 is 4.72 Å². The molecule has 0 radical (unpaired) electrons. The number of rotatable bonds is 6. The van der Waals surface area contributed by atoms with E-state index >= 15 is 0 Å². The number of esters is 1.